The Morgan fingerprint density at radius 2 is 0.793 bits per heavy atom. The largest absolute Gasteiger partial charge is 0.456 e. The maximum absolute atomic E-state index is 6.52. The SMILES string of the molecule is BrCc1ccccc1-c1ccccc1Oc1ccccc1-c1ccccc1CBr. The van der Waals surface area contributed by atoms with Crippen LogP contribution in [0, 0.1) is 0 Å². The van der Waals surface area contributed by atoms with Gasteiger partial charge in [-0.15, -0.1) is 0 Å². The summed E-state index contributed by atoms with van der Waals surface area (Å²) < 4.78 is 6.52. The van der Waals surface area contributed by atoms with Crippen LogP contribution in [0.4, 0.5) is 0 Å². The van der Waals surface area contributed by atoms with E-state index in [-0.39, 0.29) is 0 Å². The molecular formula is C26H20Br2O. The van der Waals surface area contributed by atoms with Crippen molar-refractivity contribution in [1.82, 2.24) is 0 Å². The third-order valence-corrected chi connectivity index (χ3v) is 6.11. The van der Waals surface area contributed by atoms with E-state index in [9.17, 15) is 0 Å². The number of para-hydroxylation sites is 2. The molecule has 0 aliphatic carbocycles. The van der Waals surface area contributed by atoms with Gasteiger partial charge in [-0.3, -0.25) is 0 Å². The van der Waals surface area contributed by atoms with Crippen LogP contribution in [0.2, 0.25) is 0 Å². The van der Waals surface area contributed by atoms with Crippen LogP contribution in [-0.2, 0) is 10.7 Å². The maximum atomic E-state index is 6.52. The summed E-state index contributed by atoms with van der Waals surface area (Å²) in [6.07, 6.45) is 0. The first kappa shape index (κ1) is 19.9. The Balaban J connectivity index is 1.80. The molecule has 0 fully saturated rings. The van der Waals surface area contributed by atoms with Gasteiger partial charge in [0.25, 0.3) is 0 Å². The summed E-state index contributed by atoms with van der Waals surface area (Å²) in [6.45, 7) is 0. The van der Waals surface area contributed by atoms with Crippen LogP contribution in [0.3, 0.4) is 0 Å². The Labute approximate surface area is 188 Å². The van der Waals surface area contributed by atoms with Gasteiger partial charge in [-0.2, -0.15) is 0 Å². The zero-order valence-electron chi connectivity index (χ0n) is 15.8. The van der Waals surface area contributed by atoms with Crippen molar-refractivity contribution in [2.24, 2.45) is 0 Å². The lowest BCUT2D eigenvalue weighted by atomic mass is 9.99. The normalized spacial score (nSPS) is 10.7. The molecule has 0 spiro atoms. The Morgan fingerprint density at radius 3 is 1.21 bits per heavy atom. The molecule has 0 amide bonds. The first-order valence-electron chi connectivity index (χ1n) is 9.46. The lowest BCUT2D eigenvalue weighted by molar-refractivity contribution is 0.486. The van der Waals surface area contributed by atoms with Gasteiger partial charge < -0.3 is 4.74 Å². The van der Waals surface area contributed by atoms with E-state index in [0.29, 0.717) is 0 Å². The number of hydrogen-bond acceptors (Lipinski definition) is 1. The van der Waals surface area contributed by atoms with Crippen molar-refractivity contribution >= 4 is 31.9 Å². The number of alkyl halides is 2. The smallest absolute Gasteiger partial charge is 0.135 e. The van der Waals surface area contributed by atoms with Crippen LogP contribution in [-0.4, -0.2) is 0 Å². The molecular weight excluding hydrogens is 488 g/mol. The first-order valence-corrected chi connectivity index (χ1v) is 11.7. The molecule has 29 heavy (non-hydrogen) atoms. The van der Waals surface area contributed by atoms with Crippen LogP contribution >= 0.6 is 31.9 Å². The van der Waals surface area contributed by atoms with E-state index < -0.39 is 0 Å². The molecule has 1 nitrogen and oxygen atoms in total. The summed E-state index contributed by atoms with van der Waals surface area (Å²) >= 11 is 7.22. The van der Waals surface area contributed by atoms with Crippen LogP contribution in [0.25, 0.3) is 22.3 Å². The number of ether oxygens (including phenoxy) is 1. The van der Waals surface area contributed by atoms with E-state index in [1.54, 1.807) is 0 Å². The molecule has 0 unspecified atom stereocenters. The second-order valence-corrected chi connectivity index (χ2v) is 7.80. The van der Waals surface area contributed by atoms with Crippen molar-refractivity contribution < 1.29 is 4.74 Å². The zero-order chi connectivity index (χ0) is 20.1. The van der Waals surface area contributed by atoms with Gasteiger partial charge in [0.15, 0.2) is 0 Å². The Kier molecular flexibility index (Phi) is 6.48. The van der Waals surface area contributed by atoms with E-state index in [1.807, 2.05) is 24.3 Å². The molecule has 0 N–H and O–H groups in total. The fourth-order valence-electron chi connectivity index (χ4n) is 3.47. The highest BCUT2D eigenvalue weighted by molar-refractivity contribution is 9.08. The number of benzene rings is 4. The fraction of sp³-hybridized carbons (Fsp3) is 0.0769. The number of hydrogen-bond donors (Lipinski definition) is 0. The molecule has 0 aliphatic rings. The molecule has 144 valence electrons. The summed E-state index contributed by atoms with van der Waals surface area (Å²) in [6, 6.07) is 33.3. The van der Waals surface area contributed by atoms with Crippen molar-refractivity contribution in [2.45, 2.75) is 10.7 Å². The van der Waals surface area contributed by atoms with Crippen molar-refractivity contribution in [3.8, 4) is 33.8 Å². The highest BCUT2D eigenvalue weighted by Crippen LogP contribution is 2.40. The molecule has 0 bridgehead atoms. The minimum absolute atomic E-state index is 0.798. The van der Waals surface area contributed by atoms with Crippen molar-refractivity contribution in [3.05, 3.63) is 108 Å². The second-order valence-electron chi connectivity index (χ2n) is 6.68. The minimum atomic E-state index is 0.798. The predicted octanol–water partition coefficient (Wildman–Crippen LogP) is 8.60. The zero-order valence-corrected chi connectivity index (χ0v) is 19.0. The van der Waals surface area contributed by atoms with Crippen molar-refractivity contribution in [1.29, 1.82) is 0 Å². The molecule has 0 heterocycles. The predicted molar refractivity (Wildman–Crippen MR) is 129 cm³/mol. The molecule has 0 radical (unpaired) electrons. The molecule has 0 aromatic heterocycles. The average molecular weight is 508 g/mol. The van der Waals surface area contributed by atoms with Gasteiger partial charge in [-0.05, 0) is 34.4 Å². The lowest BCUT2D eigenvalue weighted by Gasteiger charge is -2.17. The van der Waals surface area contributed by atoms with E-state index in [0.717, 1.165) is 33.3 Å². The van der Waals surface area contributed by atoms with Crippen molar-refractivity contribution in [2.75, 3.05) is 0 Å². The molecule has 0 saturated carbocycles. The summed E-state index contributed by atoms with van der Waals surface area (Å²) in [4.78, 5) is 0. The summed E-state index contributed by atoms with van der Waals surface area (Å²) in [7, 11) is 0. The van der Waals surface area contributed by atoms with Crippen molar-refractivity contribution in [3.63, 3.8) is 0 Å². The summed E-state index contributed by atoms with van der Waals surface area (Å²) in [5.41, 5.74) is 7.01. The quantitative estimate of drug-likeness (QED) is 0.237. The highest BCUT2D eigenvalue weighted by atomic mass is 79.9. The number of rotatable bonds is 6. The molecule has 4 aromatic rings. The van der Waals surface area contributed by atoms with Gasteiger partial charge >= 0.3 is 0 Å². The summed E-state index contributed by atoms with van der Waals surface area (Å²) in [5, 5.41) is 1.60. The van der Waals surface area contributed by atoms with E-state index in [1.165, 1.54) is 22.3 Å². The molecule has 0 atom stereocenters. The average Bonchev–Trinajstić information content (AvgIpc) is 2.80. The summed E-state index contributed by atoms with van der Waals surface area (Å²) in [5.74, 6) is 1.70. The molecule has 0 aliphatic heterocycles. The Morgan fingerprint density at radius 1 is 0.448 bits per heavy atom. The van der Waals surface area contributed by atoms with Crippen LogP contribution in [0.5, 0.6) is 11.5 Å². The standard InChI is InChI=1S/C26H20Br2O/c27-17-19-9-1-3-11-21(19)23-13-5-7-15-25(23)29-26-16-8-6-14-24(26)22-12-4-2-10-20(22)18-28/h1-16H,17-18H2. The van der Waals surface area contributed by atoms with Gasteiger partial charge in [0.05, 0.1) is 0 Å². The van der Waals surface area contributed by atoms with Gasteiger partial charge in [0.1, 0.15) is 11.5 Å². The molecule has 4 aromatic carbocycles. The van der Waals surface area contributed by atoms with E-state index >= 15 is 0 Å². The third-order valence-electron chi connectivity index (χ3n) is 4.90. The molecule has 3 heteroatoms. The van der Waals surface area contributed by atoms with E-state index in [4.69, 9.17) is 4.74 Å². The third kappa shape index (κ3) is 4.31. The van der Waals surface area contributed by atoms with E-state index in [2.05, 4.69) is 105 Å². The van der Waals surface area contributed by atoms with Gasteiger partial charge in [0.2, 0.25) is 0 Å². The van der Waals surface area contributed by atoms with Crippen LogP contribution in [0.15, 0.2) is 97.1 Å². The van der Waals surface area contributed by atoms with Gasteiger partial charge in [-0.25, -0.2) is 0 Å². The molecule has 0 saturated heterocycles. The topological polar surface area (TPSA) is 9.23 Å². The van der Waals surface area contributed by atoms with Gasteiger partial charge in [-0.1, -0.05) is 117 Å². The van der Waals surface area contributed by atoms with Crippen LogP contribution < -0.4 is 4.74 Å². The van der Waals surface area contributed by atoms with Crippen LogP contribution in [0.1, 0.15) is 11.1 Å². The lowest BCUT2D eigenvalue weighted by Crippen LogP contribution is -1.94. The molecule has 4 rings (SSSR count). The number of halogens is 2. The second kappa shape index (κ2) is 9.43. The highest BCUT2D eigenvalue weighted by Gasteiger charge is 2.14. The maximum Gasteiger partial charge on any atom is 0.135 e. The fourth-order valence-corrected chi connectivity index (χ4v) is 4.45. The van der Waals surface area contributed by atoms with Gasteiger partial charge in [0, 0.05) is 21.8 Å². The monoisotopic (exact) mass is 506 g/mol. The first-order chi connectivity index (χ1) is 14.3. The Bertz CT molecular complexity index is 1030. The minimum Gasteiger partial charge on any atom is -0.456 e. The Hall–Kier alpha value is -2.36.